The van der Waals surface area contributed by atoms with E-state index >= 15 is 0 Å². The van der Waals surface area contributed by atoms with E-state index < -0.39 is 5.82 Å². The smallest absolute Gasteiger partial charge is 0.221 e. The van der Waals surface area contributed by atoms with Crippen LogP contribution in [0.25, 0.3) is 16.9 Å². The van der Waals surface area contributed by atoms with Crippen molar-refractivity contribution in [2.24, 2.45) is 5.92 Å². The van der Waals surface area contributed by atoms with Crippen LogP contribution in [0.4, 0.5) is 10.1 Å². The van der Waals surface area contributed by atoms with Gasteiger partial charge in [-0.25, -0.2) is 4.39 Å². The number of piperidine rings is 1. The molecule has 2 aromatic carbocycles. The van der Waals surface area contributed by atoms with Gasteiger partial charge in [0.25, 0.3) is 0 Å². The van der Waals surface area contributed by atoms with Gasteiger partial charge in [-0.1, -0.05) is 18.2 Å². The Labute approximate surface area is 200 Å². The number of hydrogen-bond donors (Lipinski definition) is 3. The van der Waals surface area contributed by atoms with E-state index in [1.54, 1.807) is 12.1 Å². The van der Waals surface area contributed by atoms with E-state index in [9.17, 15) is 14.3 Å². The molecule has 1 saturated heterocycles. The van der Waals surface area contributed by atoms with Crippen LogP contribution < -0.4 is 10.6 Å². The molecule has 0 aliphatic carbocycles. The lowest BCUT2D eigenvalue weighted by Gasteiger charge is -2.24. The average molecular weight is 465 g/mol. The van der Waals surface area contributed by atoms with Crippen molar-refractivity contribution >= 4 is 17.4 Å². The number of carbonyl (C=O) groups is 1. The molecular formula is C28H33FN2O3. The molecule has 6 heteroatoms. The van der Waals surface area contributed by atoms with E-state index in [4.69, 9.17) is 4.74 Å². The summed E-state index contributed by atoms with van der Waals surface area (Å²) >= 11 is 0. The third-order valence-electron chi connectivity index (χ3n) is 6.50. The topological polar surface area (TPSA) is 70.6 Å². The van der Waals surface area contributed by atoms with Gasteiger partial charge in [0.15, 0.2) is 0 Å². The summed E-state index contributed by atoms with van der Waals surface area (Å²) in [5.74, 6) is 1.48. The van der Waals surface area contributed by atoms with Gasteiger partial charge < -0.3 is 20.5 Å². The van der Waals surface area contributed by atoms with Crippen LogP contribution in [-0.2, 0) is 9.53 Å². The van der Waals surface area contributed by atoms with Crippen molar-refractivity contribution in [3.63, 3.8) is 0 Å². The lowest BCUT2D eigenvalue weighted by molar-refractivity contribution is -0.114. The van der Waals surface area contributed by atoms with Crippen LogP contribution >= 0.6 is 0 Å². The molecule has 1 amide bonds. The fraction of sp³-hybridized carbons (Fsp3) is 0.393. The summed E-state index contributed by atoms with van der Waals surface area (Å²) in [7, 11) is 0. The van der Waals surface area contributed by atoms with Gasteiger partial charge in [0.05, 0.1) is 11.3 Å². The SMILES string of the molecule is CC(=O)Nc1ccc(-c2cccc(/C3=C/CCC/C=C(\CCC4CCNCC4)O3)c2O)cc1F. The van der Waals surface area contributed by atoms with Crippen molar-refractivity contribution < 1.29 is 19.0 Å². The zero-order valence-electron chi connectivity index (χ0n) is 19.7. The van der Waals surface area contributed by atoms with E-state index in [0.29, 0.717) is 22.4 Å². The Hall–Kier alpha value is -3.12. The van der Waals surface area contributed by atoms with Gasteiger partial charge in [0, 0.05) is 18.9 Å². The molecule has 2 aromatic rings. The Morgan fingerprint density at radius 1 is 1.15 bits per heavy atom. The minimum Gasteiger partial charge on any atom is -0.507 e. The molecular weight excluding hydrogens is 431 g/mol. The number of aromatic hydroxyl groups is 1. The molecule has 2 aliphatic heterocycles. The molecule has 0 aromatic heterocycles. The number of benzene rings is 2. The first kappa shape index (κ1) is 24.0. The number of para-hydroxylation sites is 1. The number of hydrogen-bond acceptors (Lipinski definition) is 4. The number of ether oxygens (including phenoxy) is 1. The maximum absolute atomic E-state index is 14.5. The van der Waals surface area contributed by atoms with Gasteiger partial charge >= 0.3 is 0 Å². The lowest BCUT2D eigenvalue weighted by Crippen LogP contribution is -2.27. The van der Waals surface area contributed by atoms with Crippen molar-refractivity contribution in [2.75, 3.05) is 18.4 Å². The number of rotatable bonds is 6. The van der Waals surface area contributed by atoms with Gasteiger partial charge in [-0.2, -0.15) is 0 Å². The highest BCUT2D eigenvalue weighted by Gasteiger charge is 2.19. The molecule has 5 nitrogen and oxygen atoms in total. The van der Waals surface area contributed by atoms with Crippen LogP contribution in [-0.4, -0.2) is 24.1 Å². The summed E-state index contributed by atoms with van der Waals surface area (Å²) < 4.78 is 20.9. The second-order valence-corrected chi connectivity index (χ2v) is 9.08. The maximum Gasteiger partial charge on any atom is 0.221 e. The zero-order valence-corrected chi connectivity index (χ0v) is 19.7. The van der Waals surface area contributed by atoms with E-state index in [-0.39, 0.29) is 17.3 Å². The van der Waals surface area contributed by atoms with E-state index in [1.807, 2.05) is 18.2 Å². The first-order valence-corrected chi connectivity index (χ1v) is 12.2. The fourth-order valence-electron chi connectivity index (χ4n) is 4.62. The van der Waals surface area contributed by atoms with Crippen LogP contribution in [0.2, 0.25) is 0 Å². The molecule has 0 bridgehead atoms. The minimum absolute atomic E-state index is 0.0544. The van der Waals surface area contributed by atoms with E-state index in [1.165, 1.54) is 31.9 Å². The van der Waals surface area contributed by atoms with E-state index in [0.717, 1.165) is 56.9 Å². The highest BCUT2D eigenvalue weighted by molar-refractivity contribution is 5.89. The number of carbonyl (C=O) groups excluding carboxylic acids is 1. The normalized spacial score (nSPS) is 20.2. The monoisotopic (exact) mass is 464 g/mol. The number of anilines is 1. The highest BCUT2D eigenvalue weighted by Crippen LogP contribution is 2.39. The predicted molar refractivity (Wildman–Crippen MR) is 134 cm³/mol. The van der Waals surface area contributed by atoms with Crippen molar-refractivity contribution in [1.82, 2.24) is 5.32 Å². The Morgan fingerprint density at radius 2 is 1.91 bits per heavy atom. The van der Waals surface area contributed by atoms with Crippen LogP contribution in [0.5, 0.6) is 5.75 Å². The quantitative estimate of drug-likeness (QED) is 0.465. The Bertz CT molecular complexity index is 1090. The maximum atomic E-state index is 14.5. The third kappa shape index (κ3) is 6.06. The van der Waals surface area contributed by atoms with Crippen molar-refractivity contribution in [3.8, 4) is 16.9 Å². The minimum atomic E-state index is -0.554. The van der Waals surface area contributed by atoms with Crippen molar-refractivity contribution in [1.29, 1.82) is 0 Å². The second kappa shape index (κ2) is 11.3. The first-order valence-electron chi connectivity index (χ1n) is 12.2. The standard InChI is InChI=1S/C28H33FN2O3/c1-19(32)31-26-13-11-21(18-25(26)29)23-7-5-8-24(28(23)33)27-9-4-2-3-6-22(34-27)12-10-20-14-16-30-17-15-20/h5-9,11,13,18,20,30,33H,2-4,10,12,14-17H2,1H3,(H,31,32)/b22-6+,27-9-. The molecule has 0 radical (unpaired) electrons. The summed E-state index contributed by atoms with van der Waals surface area (Å²) in [5, 5.41) is 17.0. The molecule has 0 spiro atoms. The third-order valence-corrected chi connectivity index (χ3v) is 6.50. The molecule has 180 valence electrons. The first-order chi connectivity index (χ1) is 16.5. The Balaban J connectivity index is 1.55. The van der Waals surface area contributed by atoms with Crippen molar-refractivity contribution in [3.05, 3.63) is 65.7 Å². The van der Waals surface area contributed by atoms with Crippen LogP contribution in [0.1, 0.15) is 57.4 Å². The number of phenols is 1. The Kier molecular flexibility index (Phi) is 8.01. The number of nitrogens with one attached hydrogen (secondary N) is 2. The summed E-state index contributed by atoms with van der Waals surface area (Å²) in [5.41, 5.74) is 1.75. The summed E-state index contributed by atoms with van der Waals surface area (Å²) in [6.45, 7) is 3.51. The molecule has 34 heavy (non-hydrogen) atoms. The summed E-state index contributed by atoms with van der Waals surface area (Å²) in [4.78, 5) is 11.3. The van der Waals surface area contributed by atoms with Gasteiger partial charge in [0.2, 0.25) is 5.91 Å². The molecule has 1 fully saturated rings. The molecule has 4 rings (SSSR count). The van der Waals surface area contributed by atoms with E-state index in [2.05, 4.69) is 16.7 Å². The molecule has 0 atom stereocenters. The number of amides is 1. The van der Waals surface area contributed by atoms with Crippen LogP contribution in [0.3, 0.4) is 0 Å². The van der Waals surface area contributed by atoms with Gasteiger partial charge in [-0.05, 0) is 93.4 Å². The Morgan fingerprint density at radius 3 is 2.68 bits per heavy atom. The second-order valence-electron chi connectivity index (χ2n) is 9.08. The molecule has 0 saturated carbocycles. The average Bonchev–Trinajstić information content (AvgIpc) is 2.81. The van der Waals surface area contributed by atoms with Gasteiger partial charge in [-0.3, -0.25) is 4.79 Å². The largest absolute Gasteiger partial charge is 0.507 e. The summed E-state index contributed by atoms with van der Waals surface area (Å²) in [6, 6.07) is 9.94. The number of phenolic OH excluding ortho intramolecular Hbond substituents is 1. The summed E-state index contributed by atoms with van der Waals surface area (Å²) in [6.07, 6.45) is 11.5. The zero-order chi connectivity index (χ0) is 23.9. The van der Waals surface area contributed by atoms with Crippen LogP contribution in [0.15, 0.2) is 54.3 Å². The van der Waals surface area contributed by atoms with Crippen molar-refractivity contribution in [2.45, 2.75) is 51.9 Å². The lowest BCUT2D eigenvalue weighted by atomic mass is 9.92. The molecule has 3 N–H and O–H groups in total. The van der Waals surface area contributed by atoms with Gasteiger partial charge in [0.1, 0.15) is 23.1 Å². The number of allylic oxidation sites excluding steroid dienone is 3. The van der Waals surface area contributed by atoms with Gasteiger partial charge in [-0.15, -0.1) is 0 Å². The fourth-order valence-corrected chi connectivity index (χ4v) is 4.62. The molecule has 0 unspecified atom stereocenters. The highest BCUT2D eigenvalue weighted by atomic mass is 19.1. The molecule has 2 aliphatic rings. The molecule has 2 heterocycles. The predicted octanol–water partition coefficient (Wildman–Crippen LogP) is 6.36. The number of halogens is 1. The van der Waals surface area contributed by atoms with Crippen LogP contribution in [0, 0.1) is 11.7 Å².